The first kappa shape index (κ1) is 8.11. The highest BCUT2D eigenvalue weighted by Gasteiger charge is 1.93. The van der Waals surface area contributed by atoms with Crippen molar-refractivity contribution in [3.8, 4) is 0 Å². The van der Waals surface area contributed by atoms with Crippen molar-refractivity contribution in [2.75, 3.05) is 6.54 Å². The van der Waals surface area contributed by atoms with Crippen LogP contribution >= 0.6 is 12.2 Å². The lowest BCUT2D eigenvalue weighted by Gasteiger charge is -1.88. The first-order chi connectivity index (χ1) is 5.33. The number of aliphatic imine (C=N–C) groups is 1. The van der Waals surface area contributed by atoms with Crippen molar-refractivity contribution in [1.82, 2.24) is 9.78 Å². The quantitative estimate of drug-likeness (QED) is 0.498. The van der Waals surface area contributed by atoms with Crippen molar-refractivity contribution in [2.45, 2.75) is 6.42 Å². The summed E-state index contributed by atoms with van der Waals surface area (Å²) in [6.45, 7) is 0.681. The summed E-state index contributed by atoms with van der Waals surface area (Å²) >= 11 is 4.43. The topological polar surface area (TPSA) is 30.2 Å². The molecular weight excluding hydrogens is 158 g/mol. The van der Waals surface area contributed by atoms with Crippen LogP contribution in [0.25, 0.3) is 0 Å². The van der Waals surface area contributed by atoms with E-state index in [2.05, 4.69) is 27.5 Å². The Hall–Kier alpha value is -0.990. The molecule has 0 atom stereocenters. The van der Waals surface area contributed by atoms with Crippen molar-refractivity contribution >= 4 is 17.4 Å². The van der Waals surface area contributed by atoms with E-state index < -0.39 is 0 Å². The van der Waals surface area contributed by atoms with Crippen LogP contribution in [0.1, 0.15) is 5.69 Å². The molecule has 0 unspecified atom stereocenters. The van der Waals surface area contributed by atoms with Crippen LogP contribution in [0.2, 0.25) is 0 Å². The summed E-state index contributed by atoms with van der Waals surface area (Å²) in [5, 5.41) is 6.50. The molecule has 0 saturated carbocycles. The average molecular weight is 167 g/mol. The maximum absolute atomic E-state index is 4.43. The van der Waals surface area contributed by atoms with E-state index in [9.17, 15) is 0 Å². The maximum atomic E-state index is 4.43. The van der Waals surface area contributed by atoms with Crippen LogP contribution < -0.4 is 0 Å². The number of hydrogen-bond acceptors (Lipinski definition) is 3. The predicted octanol–water partition coefficient (Wildman–Crippen LogP) is 1.07. The van der Waals surface area contributed by atoms with Crippen LogP contribution in [0.3, 0.4) is 0 Å². The largest absolute Gasteiger partial charge is 0.276 e. The molecule has 0 N–H and O–H groups in total. The summed E-state index contributed by atoms with van der Waals surface area (Å²) < 4.78 is 1.77. The summed E-state index contributed by atoms with van der Waals surface area (Å²) in [4.78, 5) is 3.79. The standard InChI is InChI=1S/C7H9N3S/c1-10-5-3-7(9-10)2-4-8-6-11/h3,5H,2,4H2,1H3. The average Bonchev–Trinajstić information content (AvgIpc) is 2.37. The zero-order valence-corrected chi connectivity index (χ0v) is 7.14. The molecule has 1 aromatic heterocycles. The lowest BCUT2D eigenvalue weighted by molar-refractivity contribution is 0.739. The van der Waals surface area contributed by atoms with E-state index in [4.69, 9.17) is 0 Å². The summed E-state index contributed by atoms with van der Waals surface area (Å²) in [5.74, 6) is 0. The third-order valence-electron chi connectivity index (χ3n) is 1.31. The Labute approximate surface area is 70.8 Å². The van der Waals surface area contributed by atoms with Gasteiger partial charge >= 0.3 is 0 Å². The van der Waals surface area contributed by atoms with Crippen LogP contribution in [0.5, 0.6) is 0 Å². The number of aryl methyl sites for hydroxylation is 1. The Bertz CT molecular complexity index is 273. The molecule has 0 aromatic carbocycles. The molecule has 3 nitrogen and oxygen atoms in total. The second kappa shape index (κ2) is 4.01. The third kappa shape index (κ3) is 2.62. The third-order valence-corrected chi connectivity index (χ3v) is 1.44. The molecule has 0 bridgehead atoms. The van der Waals surface area contributed by atoms with E-state index in [-0.39, 0.29) is 0 Å². The fourth-order valence-electron chi connectivity index (χ4n) is 0.813. The van der Waals surface area contributed by atoms with Gasteiger partial charge in [0.15, 0.2) is 0 Å². The van der Waals surface area contributed by atoms with Gasteiger partial charge in [-0.05, 0) is 18.3 Å². The Morgan fingerprint density at radius 3 is 3.18 bits per heavy atom. The molecule has 0 aliphatic rings. The van der Waals surface area contributed by atoms with E-state index >= 15 is 0 Å². The molecular formula is C7H9N3S. The van der Waals surface area contributed by atoms with Gasteiger partial charge in [0.25, 0.3) is 0 Å². The summed E-state index contributed by atoms with van der Waals surface area (Å²) in [6.07, 6.45) is 2.75. The van der Waals surface area contributed by atoms with Crippen LogP contribution in [0.15, 0.2) is 17.3 Å². The van der Waals surface area contributed by atoms with E-state index in [1.54, 1.807) is 4.68 Å². The van der Waals surface area contributed by atoms with E-state index in [1.165, 1.54) is 0 Å². The van der Waals surface area contributed by atoms with E-state index in [0.29, 0.717) is 6.54 Å². The minimum atomic E-state index is 0.681. The molecule has 0 aliphatic heterocycles. The fraction of sp³-hybridized carbons (Fsp3) is 0.429. The molecule has 0 fully saturated rings. The number of isothiocyanates is 1. The maximum Gasteiger partial charge on any atom is 0.0643 e. The smallest absolute Gasteiger partial charge is 0.0643 e. The fourth-order valence-corrected chi connectivity index (χ4v) is 0.904. The molecule has 0 radical (unpaired) electrons. The molecule has 58 valence electrons. The first-order valence-corrected chi connectivity index (χ1v) is 3.76. The molecule has 4 heteroatoms. The van der Waals surface area contributed by atoms with Crippen molar-refractivity contribution in [2.24, 2.45) is 12.0 Å². The molecule has 1 rings (SSSR count). The van der Waals surface area contributed by atoms with Gasteiger partial charge in [-0.2, -0.15) is 5.10 Å². The lowest BCUT2D eigenvalue weighted by Crippen LogP contribution is -1.93. The van der Waals surface area contributed by atoms with E-state index in [0.717, 1.165) is 12.1 Å². The van der Waals surface area contributed by atoms with Crippen LogP contribution in [0, 0.1) is 0 Å². The number of thiocarbonyl (C=S) groups is 1. The van der Waals surface area contributed by atoms with Crippen molar-refractivity contribution in [1.29, 1.82) is 0 Å². The second-order valence-corrected chi connectivity index (χ2v) is 2.39. The van der Waals surface area contributed by atoms with Gasteiger partial charge < -0.3 is 0 Å². The molecule has 1 aromatic rings. The highest BCUT2D eigenvalue weighted by Crippen LogP contribution is 1.94. The highest BCUT2D eigenvalue weighted by molar-refractivity contribution is 7.78. The van der Waals surface area contributed by atoms with Gasteiger partial charge in [-0.25, -0.2) is 4.99 Å². The molecule has 11 heavy (non-hydrogen) atoms. The lowest BCUT2D eigenvalue weighted by atomic mass is 10.3. The van der Waals surface area contributed by atoms with Crippen molar-refractivity contribution < 1.29 is 0 Å². The Balaban J connectivity index is 2.44. The molecule has 1 heterocycles. The van der Waals surface area contributed by atoms with Gasteiger partial charge in [0.1, 0.15) is 0 Å². The van der Waals surface area contributed by atoms with Gasteiger partial charge in [-0.1, -0.05) is 0 Å². The molecule has 0 amide bonds. The minimum Gasteiger partial charge on any atom is -0.276 e. The van der Waals surface area contributed by atoms with Gasteiger partial charge in [0, 0.05) is 19.7 Å². The normalized spacial score (nSPS) is 9.18. The zero-order chi connectivity index (χ0) is 8.10. The van der Waals surface area contributed by atoms with Gasteiger partial charge in [0.05, 0.1) is 17.4 Å². The number of aromatic nitrogens is 2. The van der Waals surface area contributed by atoms with Crippen molar-refractivity contribution in [3.63, 3.8) is 0 Å². The molecule has 0 aliphatic carbocycles. The first-order valence-electron chi connectivity index (χ1n) is 3.35. The van der Waals surface area contributed by atoms with Crippen LogP contribution in [-0.4, -0.2) is 21.5 Å². The Morgan fingerprint density at radius 2 is 2.64 bits per heavy atom. The zero-order valence-electron chi connectivity index (χ0n) is 6.32. The van der Waals surface area contributed by atoms with Crippen LogP contribution in [0.4, 0.5) is 0 Å². The predicted molar refractivity (Wildman–Crippen MR) is 46.8 cm³/mol. The second-order valence-electron chi connectivity index (χ2n) is 2.20. The number of rotatable bonds is 3. The van der Waals surface area contributed by atoms with Gasteiger partial charge in [-0.3, -0.25) is 4.68 Å². The SMILES string of the molecule is Cn1ccc(CCN=C=S)n1. The summed E-state index contributed by atoms with van der Waals surface area (Å²) in [7, 11) is 1.89. The molecule has 0 spiro atoms. The van der Waals surface area contributed by atoms with Gasteiger partial charge in [0.2, 0.25) is 0 Å². The minimum absolute atomic E-state index is 0.681. The van der Waals surface area contributed by atoms with E-state index in [1.807, 2.05) is 19.3 Å². The van der Waals surface area contributed by atoms with Gasteiger partial charge in [-0.15, -0.1) is 0 Å². The highest BCUT2D eigenvalue weighted by atomic mass is 32.1. The number of nitrogens with zero attached hydrogens (tertiary/aromatic N) is 3. The molecule has 0 saturated heterocycles. The summed E-state index contributed by atoms with van der Waals surface area (Å²) in [5.41, 5.74) is 1.04. The van der Waals surface area contributed by atoms with Crippen molar-refractivity contribution in [3.05, 3.63) is 18.0 Å². The monoisotopic (exact) mass is 167 g/mol. The Morgan fingerprint density at radius 1 is 1.82 bits per heavy atom. The Kier molecular flexibility index (Phi) is 2.95. The summed E-state index contributed by atoms with van der Waals surface area (Å²) in [6, 6.07) is 1.97. The van der Waals surface area contributed by atoms with Crippen LogP contribution in [-0.2, 0) is 13.5 Å². The number of hydrogen-bond donors (Lipinski definition) is 0.